The Morgan fingerprint density at radius 3 is 2.50 bits per heavy atom. The summed E-state index contributed by atoms with van der Waals surface area (Å²) in [6.07, 6.45) is 0. The Balaban J connectivity index is 2.50. The molecule has 1 aliphatic rings. The number of nitrogens with one attached hydrogen (secondary N) is 2. The average Bonchev–Trinajstić information content (AvgIpc) is 2.48. The van der Waals surface area contributed by atoms with Gasteiger partial charge in [-0.3, -0.25) is 4.79 Å². The zero-order chi connectivity index (χ0) is 16.3. The molecule has 0 radical (unpaired) electrons. The molecule has 6 heteroatoms. The van der Waals surface area contributed by atoms with Crippen LogP contribution in [0.15, 0.2) is 35.5 Å². The minimum atomic E-state index is -0.546. The Bertz CT molecular complexity index is 624. The number of amides is 3. The molecule has 5 nitrogen and oxygen atoms in total. The maximum absolute atomic E-state index is 12.8. The van der Waals surface area contributed by atoms with Crippen molar-refractivity contribution in [2.24, 2.45) is 0 Å². The van der Waals surface area contributed by atoms with Gasteiger partial charge in [0.15, 0.2) is 0 Å². The molecule has 0 fully saturated rings. The highest BCUT2D eigenvalue weighted by Crippen LogP contribution is 2.32. The largest absolute Gasteiger partial charge is 0.339 e. The molecule has 1 heterocycles. The third-order valence-electron chi connectivity index (χ3n) is 3.77. The zero-order valence-electron chi connectivity index (χ0n) is 12.9. The monoisotopic (exact) mass is 321 g/mol. The van der Waals surface area contributed by atoms with Crippen LogP contribution in [0.2, 0.25) is 5.02 Å². The van der Waals surface area contributed by atoms with Crippen LogP contribution in [0, 0.1) is 0 Å². The minimum Gasteiger partial charge on any atom is -0.339 e. The molecule has 0 unspecified atom stereocenters. The van der Waals surface area contributed by atoms with Crippen molar-refractivity contribution in [2.45, 2.75) is 26.8 Å². The molecule has 0 spiro atoms. The fourth-order valence-electron chi connectivity index (χ4n) is 2.60. The lowest BCUT2D eigenvalue weighted by molar-refractivity contribution is -0.127. The molecule has 1 aromatic rings. The number of urea groups is 1. The predicted octanol–water partition coefficient (Wildman–Crippen LogP) is 2.84. The highest BCUT2D eigenvalue weighted by molar-refractivity contribution is 6.31. The van der Waals surface area contributed by atoms with E-state index < -0.39 is 6.04 Å². The predicted molar refractivity (Wildman–Crippen MR) is 86.5 cm³/mol. The molecule has 0 aliphatic carbocycles. The van der Waals surface area contributed by atoms with Crippen LogP contribution in [-0.2, 0) is 4.79 Å². The van der Waals surface area contributed by atoms with Gasteiger partial charge in [-0.25, -0.2) is 4.79 Å². The van der Waals surface area contributed by atoms with Crippen molar-refractivity contribution in [3.63, 3.8) is 0 Å². The van der Waals surface area contributed by atoms with Crippen molar-refractivity contribution in [2.75, 3.05) is 13.1 Å². The summed E-state index contributed by atoms with van der Waals surface area (Å²) < 4.78 is 0. The SMILES string of the molecule is CCN(CC)C(=O)C1=C(C)NC(=O)N[C@@H]1c1ccccc1Cl. The van der Waals surface area contributed by atoms with Crippen LogP contribution < -0.4 is 10.6 Å². The Kier molecular flexibility index (Phi) is 5.08. The zero-order valence-corrected chi connectivity index (χ0v) is 13.7. The van der Waals surface area contributed by atoms with Gasteiger partial charge in [0.2, 0.25) is 0 Å². The van der Waals surface area contributed by atoms with Crippen LogP contribution in [-0.4, -0.2) is 29.9 Å². The van der Waals surface area contributed by atoms with E-state index in [0.29, 0.717) is 34.9 Å². The van der Waals surface area contributed by atoms with E-state index in [0.717, 1.165) is 0 Å². The topological polar surface area (TPSA) is 61.4 Å². The van der Waals surface area contributed by atoms with E-state index >= 15 is 0 Å². The van der Waals surface area contributed by atoms with E-state index in [1.165, 1.54) is 0 Å². The fourth-order valence-corrected chi connectivity index (χ4v) is 2.85. The normalized spacial score (nSPS) is 17.8. The van der Waals surface area contributed by atoms with Gasteiger partial charge in [0.25, 0.3) is 5.91 Å². The molecule has 2 N–H and O–H groups in total. The van der Waals surface area contributed by atoms with Crippen molar-refractivity contribution >= 4 is 23.5 Å². The molecular weight excluding hydrogens is 302 g/mol. The van der Waals surface area contributed by atoms with Gasteiger partial charge in [0.05, 0.1) is 11.6 Å². The van der Waals surface area contributed by atoms with Crippen molar-refractivity contribution in [3.05, 3.63) is 46.1 Å². The Hall–Kier alpha value is -2.01. The molecule has 0 bridgehead atoms. The van der Waals surface area contributed by atoms with Gasteiger partial charge in [-0.1, -0.05) is 29.8 Å². The Morgan fingerprint density at radius 1 is 1.27 bits per heavy atom. The number of nitrogens with zero attached hydrogens (tertiary/aromatic N) is 1. The maximum Gasteiger partial charge on any atom is 0.319 e. The standard InChI is InChI=1S/C16H20ClN3O2/c1-4-20(5-2)15(21)13-10(3)18-16(22)19-14(13)11-8-6-7-9-12(11)17/h6-9,14H,4-5H2,1-3H3,(H2,18,19,22)/t14-/m1/s1. The van der Waals surface area contributed by atoms with Crippen LogP contribution in [0.1, 0.15) is 32.4 Å². The van der Waals surface area contributed by atoms with Gasteiger partial charge < -0.3 is 15.5 Å². The molecule has 1 atom stereocenters. The summed E-state index contributed by atoms with van der Waals surface area (Å²) in [5, 5.41) is 5.99. The number of halogens is 1. The van der Waals surface area contributed by atoms with E-state index in [2.05, 4.69) is 10.6 Å². The molecule has 118 valence electrons. The van der Waals surface area contributed by atoms with E-state index in [1.807, 2.05) is 32.0 Å². The van der Waals surface area contributed by atoms with Crippen LogP contribution in [0.25, 0.3) is 0 Å². The lowest BCUT2D eigenvalue weighted by atomic mass is 9.94. The summed E-state index contributed by atoms with van der Waals surface area (Å²) in [6, 6.07) is 6.34. The smallest absolute Gasteiger partial charge is 0.319 e. The van der Waals surface area contributed by atoms with Crippen molar-refractivity contribution in [1.29, 1.82) is 0 Å². The van der Waals surface area contributed by atoms with Crippen molar-refractivity contribution in [3.8, 4) is 0 Å². The first-order valence-electron chi connectivity index (χ1n) is 7.31. The van der Waals surface area contributed by atoms with Crippen LogP contribution in [0.5, 0.6) is 0 Å². The first-order chi connectivity index (χ1) is 10.5. The Labute approximate surface area is 135 Å². The number of carbonyl (C=O) groups excluding carboxylic acids is 2. The summed E-state index contributed by atoms with van der Waals surface area (Å²) >= 11 is 6.25. The first-order valence-corrected chi connectivity index (χ1v) is 7.69. The van der Waals surface area contributed by atoms with E-state index in [9.17, 15) is 9.59 Å². The molecular formula is C16H20ClN3O2. The second kappa shape index (κ2) is 6.83. The van der Waals surface area contributed by atoms with Crippen molar-refractivity contribution in [1.82, 2.24) is 15.5 Å². The van der Waals surface area contributed by atoms with Gasteiger partial charge in [0, 0.05) is 23.8 Å². The summed E-state index contributed by atoms with van der Waals surface area (Å²) in [6.45, 7) is 6.80. The van der Waals surface area contributed by atoms with Gasteiger partial charge in [0.1, 0.15) is 0 Å². The average molecular weight is 322 g/mol. The summed E-state index contributed by atoms with van der Waals surface area (Å²) in [7, 11) is 0. The number of benzene rings is 1. The summed E-state index contributed by atoms with van der Waals surface area (Å²) in [4.78, 5) is 26.4. The number of hydrogen-bond donors (Lipinski definition) is 2. The molecule has 3 amide bonds. The van der Waals surface area contributed by atoms with E-state index in [1.54, 1.807) is 17.9 Å². The lowest BCUT2D eigenvalue weighted by Crippen LogP contribution is -2.47. The summed E-state index contributed by atoms with van der Waals surface area (Å²) in [5.41, 5.74) is 1.80. The fraction of sp³-hybridized carbons (Fsp3) is 0.375. The number of likely N-dealkylation sites (N-methyl/N-ethyl adjacent to an activating group) is 1. The number of carbonyl (C=O) groups is 2. The minimum absolute atomic E-state index is 0.0973. The molecule has 1 aliphatic heterocycles. The second-order valence-electron chi connectivity index (χ2n) is 5.07. The number of allylic oxidation sites excluding steroid dienone is 1. The van der Waals surface area contributed by atoms with Gasteiger partial charge in [-0.05, 0) is 32.4 Å². The number of hydrogen-bond acceptors (Lipinski definition) is 2. The Morgan fingerprint density at radius 2 is 1.91 bits per heavy atom. The van der Waals surface area contributed by atoms with Crippen LogP contribution in [0.4, 0.5) is 4.79 Å². The number of rotatable bonds is 4. The maximum atomic E-state index is 12.8. The molecule has 1 aromatic carbocycles. The van der Waals surface area contributed by atoms with Crippen molar-refractivity contribution < 1.29 is 9.59 Å². The highest BCUT2D eigenvalue weighted by Gasteiger charge is 2.33. The van der Waals surface area contributed by atoms with Gasteiger partial charge in [-0.2, -0.15) is 0 Å². The van der Waals surface area contributed by atoms with E-state index in [-0.39, 0.29) is 11.9 Å². The molecule has 0 saturated carbocycles. The van der Waals surface area contributed by atoms with Gasteiger partial charge >= 0.3 is 6.03 Å². The van der Waals surface area contributed by atoms with Gasteiger partial charge in [-0.15, -0.1) is 0 Å². The second-order valence-corrected chi connectivity index (χ2v) is 5.48. The third-order valence-corrected chi connectivity index (χ3v) is 4.11. The molecule has 0 aromatic heterocycles. The van der Waals surface area contributed by atoms with Crippen LogP contribution >= 0.6 is 11.6 Å². The highest BCUT2D eigenvalue weighted by atomic mass is 35.5. The first kappa shape index (κ1) is 16.4. The quantitative estimate of drug-likeness (QED) is 0.895. The van der Waals surface area contributed by atoms with E-state index in [4.69, 9.17) is 11.6 Å². The molecule has 22 heavy (non-hydrogen) atoms. The summed E-state index contributed by atoms with van der Waals surface area (Å²) in [5.74, 6) is -0.0973. The lowest BCUT2D eigenvalue weighted by Gasteiger charge is -2.32. The van der Waals surface area contributed by atoms with Crippen LogP contribution in [0.3, 0.4) is 0 Å². The third kappa shape index (κ3) is 3.09. The molecule has 2 rings (SSSR count). The molecule has 0 saturated heterocycles.